The topological polar surface area (TPSA) is 72.7 Å². The van der Waals surface area contributed by atoms with Gasteiger partial charge in [0.15, 0.2) is 5.82 Å². The summed E-state index contributed by atoms with van der Waals surface area (Å²) in [7, 11) is -0.642. The smallest absolute Gasteiger partial charge is 0.168 e. The minimum absolute atomic E-state index is 0.160. The molecule has 0 aliphatic carbocycles. The van der Waals surface area contributed by atoms with Crippen molar-refractivity contribution in [3.63, 3.8) is 0 Å². The van der Waals surface area contributed by atoms with Crippen LogP contribution in [-0.2, 0) is 10.8 Å². The SMILES string of the molecule is CCCNC(C)c1nnnn1C1CCS(=O)CC1. The zero-order valence-electron chi connectivity index (χ0n) is 11.0. The molecular weight excluding hydrogens is 250 g/mol. The van der Waals surface area contributed by atoms with E-state index in [-0.39, 0.29) is 6.04 Å². The third-order valence-corrected chi connectivity index (χ3v) is 4.69. The van der Waals surface area contributed by atoms with E-state index < -0.39 is 10.8 Å². The van der Waals surface area contributed by atoms with Crippen LogP contribution in [0.1, 0.15) is 51.0 Å². The Balaban J connectivity index is 2.05. The lowest BCUT2D eigenvalue weighted by atomic mass is 10.1. The molecule has 1 atom stereocenters. The van der Waals surface area contributed by atoms with Gasteiger partial charge >= 0.3 is 0 Å². The maximum atomic E-state index is 11.4. The Morgan fingerprint density at radius 3 is 2.89 bits per heavy atom. The highest BCUT2D eigenvalue weighted by Crippen LogP contribution is 2.23. The second kappa shape index (κ2) is 6.38. The molecule has 18 heavy (non-hydrogen) atoms. The lowest BCUT2D eigenvalue weighted by Gasteiger charge is -2.23. The minimum Gasteiger partial charge on any atom is -0.307 e. The maximum absolute atomic E-state index is 11.4. The van der Waals surface area contributed by atoms with Gasteiger partial charge in [0.1, 0.15) is 0 Å². The number of nitrogens with zero attached hydrogens (tertiary/aromatic N) is 4. The number of tetrazole rings is 1. The van der Waals surface area contributed by atoms with E-state index in [9.17, 15) is 4.21 Å². The molecule has 2 heterocycles. The van der Waals surface area contributed by atoms with Crippen molar-refractivity contribution >= 4 is 10.8 Å². The fourth-order valence-electron chi connectivity index (χ4n) is 2.22. The van der Waals surface area contributed by atoms with E-state index in [1.165, 1.54) is 0 Å². The van der Waals surface area contributed by atoms with E-state index in [2.05, 4.69) is 34.7 Å². The van der Waals surface area contributed by atoms with Crippen LogP contribution in [0.25, 0.3) is 0 Å². The molecule has 1 unspecified atom stereocenters. The minimum atomic E-state index is -0.642. The van der Waals surface area contributed by atoms with Crippen LogP contribution in [0.5, 0.6) is 0 Å². The fraction of sp³-hybridized carbons (Fsp3) is 0.909. The van der Waals surface area contributed by atoms with Gasteiger partial charge in [-0.25, -0.2) is 4.68 Å². The number of hydrogen-bond donors (Lipinski definition) is 1. The van der Waals surface area contributed by atoms with Gasteiger partial charge in [-0.1, -0.05) is 6.92 Å². The first-order valence-electron chi connectivity index (χ1n) is 6.58. The van der Waals surface area contributed by atoms with Crippen LogP contribution in [0.2, 0.25) is 0 Å². The quantitative estimate of drug-likeness (QED) is 0.858. The zero-order valence-corrected chi connectivity index (χ0v) is 11.8. The Kier molecular flexibility index (Phi) is 4.82. The van der Waals surface area contributed by atoms with Gasteiger partial charge in [-0.2, -0.15) is 0 Å². The first-order valence-corrected chi connectivity index (χ1v) is 8.07. The van der Waals surface area contributed by atoms with Crippen molar-refractivity contribution < 1.29 is 4.21 Å². The van der Waals surface area contributed by atoms with Gasteiger partial charge in [0.2, 0.25) is 0 Å². The van der Waals surface area contributed by atoms with Crippen molar-refractivity contribution in [3.05, 3.63) is 5.82 Å². The second-order valence-corrected chi connectivity index (χ2v) is 6.43. The van der Waals surface area contributed by atoms with Gasteiger partial charge in [-0.3, -0.25) is 4.21 Å². The third kappa shape index (κ3) is 3.14. The molecule has 7 heteroatoms. The molecule has 0 spiro atoms. The Hall–Kier alpha value is -0.820. The maximum Gasteiger partial charge on any atom is 0.168 e. The summed E-state index contributed by atoms with van der Waals surface area (Å²) < 4.78 is 13.3. The molecule has 0 amide bonds. The molecule has 1 aromatic heterocycles. The lowest BCUT2D eigenvalue weighted by molar-refractivity contribution is 0.380. The van der Waals surface area contributed by atoms with Crippen molar-refractivity contribution in [1.29, 1.82) is 0 Å². The van der Waals surface area contributed by atoms with Gasteiger partial charge in [0, 0.05) is 22.3 Å². The Labute approximate surface area is 110 Å². The summed E-state index contributed by atoms with van der Waals surface area (Å²) in [6.07, 6.45) is 2.91. The van der Waals surface area contributed by atoms with Crippen LogP contribution in [-0.4, -0.2) is 42.5 Å². The van der Waals surface area contributed by atoms with Crippen LogP contribution in [0, 0.1) is 0 Å². The molecule has 0 bridgehead atoms. The summed E-state index contributed by atoms with van der Waals surface area (Å²) >= 11 is 0. The van der Waals surface area contributed by atoms with Crippen molar-refractivity contribution in [3.8, 4) is 0 Å². The van der Waals surface area contributed by atoms with Gasteiger partial charge in [-0.05, 0) is 43.2 Å². The number of aromatic nitrogens is 4. The molecule has 6 nitrogen and oxygen atoms in total. The molecule has 1 N–H and O–H groups in total. The van der Waals surface area contributed by atoms with Crippen molar-refractivity contribution in [2.45, 2.75) is 45.2 Å². The highest BCUT2D eigenvalue weighted by Gasteiger charge is 2.24. The molecule has 1 aliphatic rings. The average Bonchev–Trinajstić information content (AvgIpc) is 2.86. The molecule has 2 rings (SSSR count). The normalized spacial score (nSPS) is 26.1. The molecule has 102 valence electrons. The number of nitrogens with one attached hydrogen (secondary N) is 1. The Bertz CT molecular complexity index is 398. The Morgan fingerprint density at radius 1 is 1.50 bits per heavy atom. The first-order chi connectivity index (χ1) is 8.72. The van der Waals surface area contributed by atoms with Gasteiger partial charge in [0.25, 0.3) is 0 Å². The summed E-state index contributed by atoms with van der Waals surface area (Å²) in [5.41, 5.74) is 0. The first kappa shape index (κ1) is 13.6. The van der Waals surface area contributed by atoms with Crippen LogP contribution < -0.4 is 5.32 Å². The summed E-state index contributed by atoms with van der Waals surface area (Å²) in [4.78, 5) is 0. The largest absolute Gasteiger partial charge is 0.307 e. The van der Waals surface area contributed by atoms with Crippen molar-refractivity contribution in [2.24, 2.45) is 0 Å². The van der Waals surface area contributed by atoms with E-state index in [1.807, 2.05) is 4.68 Å². The molecular formula is C11H21N5OS. The highest BCUT2D eigenvalue weighted by molar-refractivity contribution is 7.85. The molecule has 0 saturated carbocycles. The number of hydrogen-bond acceptors (Lipinski definition) is 5. The predicted molar refractivity (Wildman–Crippen MR) is 70.7 cm³/mol. The highest BCUT2D eigenvalue weighted by atomic mass is 32.2. The molecule has 0 radical (unpaired) electrons. The van der Waals surface area contributed by atoms with E-state index in [0.717, 1.165) is 43.1 Å². The monoisotopic (exact) mass is 271 g/mol. The average molecular weight is 271 g/mol. The Morgan fingerprint density at radius 2 is 2.22 bits per heavy atom. The molecule has 1 aliphatic heterocycles. The van der Waals surface area contributed by atoms with E-state index in [4.69, 9.17) is 0 Å². The van der Waals surface area contributed by atoms with Gasteiger partial charge < -0.3 is 5.32 Å². The van der Waals surface area contributed by atoms with Crippen LogP contribution in [0.3, 0.4) is 0 Å². The summed E-state index contributed by atoms with van der Waals surface area (Å²) in [5.74, 6) is 2.42. The van der Waals surface area contributed by atoms with Gasteiger partial charge in [-0.15, -0.1) is 5.10 Å². The predicted octanol–water partition coefficient (Wildman–Crippen LogP) is 0.817. The van der Waals surface area contributed by atoms with E-state index in [0.29, 0.717) is 6.04 Å². The second-order valence-electron chi connectivity index (χ2n) is 4.74. The summed E-state index contributed by atoms with van der Waals surface area (Å²) in [6.45, 7) is 5.18. The zero-order chi connectivity index (χ0) is 13.0. The van der Waals surface area contributed by atoms with E-state index in [1.54, 1.807) is 0 Å². The number of rotatable bonds is 5. The van der Waals surface area contributed by atoms with Gasteiger partial charge in [0.05, 0.1) is 12.1 Å². The molecule has 1 saturated heterocycles. The fourth-order valence-corrected chi connectivity index (χ4v) is 3.50. The lowest BCUT2D eigenvalue weighted by Crippen LogP contribution is -2.28. The van der Waals surface area contributed by atoms with E-state index >= 15 is 0 Å². The molecule has 1 aromatic rings. The molecule has 1 fully saturated rings. The summed E-state index contributed by atoms with van der Waals surface area (Å²) in [5, 5.41) is 15.4. The van der Waals surface area contributed by atoms with Crippen molar-refractivity contribution in [2.75, 3.05) is 18.1 Å². The van der Waals surface area contributed by atoms with Crippen LogP contribution in [0.15, 0.2) is 0 Å². The molecule has 0 aromatic carbocycles. The standard InChI is InChI=1S/C11H21N5OS/c1-3-6-12-9(2)11-13-14-15-16(11)10-4-7-18(17)8-5-10/h9-10,12H,3-8H2,1-2H3. The third-order valence-electron chi connectivity index (χ3n) is 3.31. The van der Waals surface area contributed by atoms with Crippen molar-refractivity contribution in [1.82, 2.24) is 25.5 Å². The summed E-state index contributed by atoms with van der Waals surface area (Å²) in [6, 6.07) is 0.464. The van der Waals surface area contributed by atoms with Crippen LogP contribution in [0.4, 0.5) is 0 Å². The van der Waals surface area contributed by atoms with Crippen LogP contribution >= 0.6 is 0 Å².